The van der Waals surface area contributed by atoms with E-state index in [0.29, 0.717) is 17.7 Å². The monoisotopic (exact) mass is 497 g/mol. The highest BCUT2D eigenvalue weighted by Crippen LogP contribution is 2.29. The van der Waals surface area contributed by atoms with Gasteiger partial charge in [0.05, 0.1) is 6.61 Å². The lowest BCUT2D eigenvalue weighted by Gasteiger charge is -2.34. The molecule has 8 nitrogen and oxygen atoms in total. The molecular weight excluding hydrogens is 458 g/mol. The van der Waals surface area contributed by atoms with Gasteiger partial charge in [0.25, 0.3) is 5.91 Å². The van der Waals surface area contributed by atoms with Crippen LogP contribution in [-0.4, -0.2) is 52.7 Å². The first-order valence-corrected chi connectivity index (χ1v) is 12.2. The quantitative estimate of drug-likeness (QED) is 0.475. The van der Waals surface area contributed by atoms with E-state index in [1.165, 1.54) is 4.90 Å². The number of alkyl carbamates (subject to hydrolysis) is 1. The SMILES string of the molecule is CCCN(C(=O)C(CO)NC(=O)OC(C)(C)C)C(C(=O)Nc1c(C)cccc1C)c1ccccc1C. The molecular formula is C28H39N3O5. The molecule has 2 aromatic rings. The Morgan fingerprint density at radius 1 is 0.972 bits per heavy atom. The van der Waals surface area contributed by atoms with Crippen LogP contribution in [0.15, 0.2) is 42.5 Å². The van der Waals surface area contributed by atoms with E-state index in [1.54, 1.807) is 20.8 Å². The molecule has 0 aromatic heterocycles. The van der Waals surface area contributed by atoms with E-state index in [4.69, 9.17) is 4.74 Å². The van der Waals surface area contributed by atoms with Crippen molar-refractivity contribution in [1.82, 2.24) is 10.2 Å². The third-order valence-electron chi connectivity index (χ3n) is 5.69. The van der Waals surface area contributed by atoms with Crippen LogP contribution >= 0.6 is 0 Å². The van der Waals surface area contributed by atoms with Gasteiger partial charge in [-0.1, -0.05) is 49.4 Å². The van der Waals surface area contributed by atoms with Crippen LogP contribution in [0.25, 0.3) is 0 Å². The highest BCUT2D eigenvalue weighted by Gasteiger charge is 2.36. The zero-order valence-corrected chi connectivity index (χ0v) is 22.3. The molecule has 36 heavy (non-hydrogen) atoms. The van der Waals surface area contributed by atoms with Crippen LogP contribution in [0.1, 0.15) is 62.4 Å². The summed E-state index contributed by atoms with van der Waals surface area (Å²) in [6, 6.07) is 10.9. The molecule has 0 bridgehead atoms. The molecule has 0 radical (unpaired) electrons. The summed E-state index contributed by atoms with van der Waals surface area (Å²) in [4.78, 5) is 41.3. The van der Waals surface area contributed by atoms with E-state index in [1.807, 2.05) is 70.2 Å². The van der Waals surface area contributed by atoms with E-state index in [0.717, 1.165) is 16.7 Å². The predicted molar refractivity (Wildman–Crippen MR) is 141 cm³/mol. The van der Waals surface area contributed by atoms with Crippen molar-refractivity contribution in [3.05, 3.63) is 64.7 Å². The van der Waals surface area contributed by atoms with Crippen molar-refractivity contribution < 1.29 is 24.2 Å². The molecule has 0 saturated carbocycles. The molecule has 2 atom stereocenters. The molecule has 2 aromatic carbocycles. The number of aliphatic hydroxyl groups excluding tert-OH is 1. The maximum absolute atomic E-state index is 13.8. The van der Waals surface area contributed by atoms with Gasteiger partial charge in [0.1, 0.15) is 17.7 Å². The summed E-state index contributed by atoms with van der Waals surface area (Å²) >= 11 is 0. The van der Waals surface area contributed by atoms with Crippen molar-refractivity contribution in [3.8, 4) is 0 Å². The Bertz CT molecular complexity index is 1060. The summed E-state index contributed by atoms with van der Waals surface area (Å²) in [5.74, 6) is -0.951. The summed E-state index contributed by atoms with van der Waals surface area (Å²) < 4.78 is 5.27. The first kappa shape index (κ1) is 28.8. The second kappa shape index (κ2) is 12.5. The minimum absolute atomic E-state index is 0.241. The summed E-state index contributed by atoms with van der Waals surface area (Å²) in [7, 11) is 0. The van der Waals surface area contributed by atoms with Crippen LogP contribution in [0.3, 0.4) is 0 Å². The molecule has 3 amide bonds. The van der Waals surface area contributed by atoms with Crippen molar-refractivity contribution in [2.45, 2.75) is 72.6 Å². The van der Waals surface area contributed by atoms with E-state index < -0.39 is 36.3 Å². The number of hydrogen-bond acceptors (Lipinski definition) is 5. The van der Waals surface area contributed by atoms with Gasteiger partial charge in [0.2, 0.25) is 5.91 Å². The topological polar surface area (TPSA) is 108 Å². The van der Waals surface area contributed by atoms with Gasteiger partial charge in [-0.2, -0.15) is 0 Å². The molecule has 0 aliphatic carbocycles. The minimum atomic E-state index is -1.27. The molecule has 3 N–H and O–H groups in total. The second-order valence-corrected chi connectivity index (χ2v) is 9.93. The van der Waals surface area contributed by atoms with Crippen molar-refractivity contribution in [1.29, 1.82) is 0 Å². The molecule has 0 fully saturated rings. The average Bonchev–Trinajstić information content (AvgIpc) is 2.79. The minimum Gasteiger partial charge on any atom is -0.444 e. The number of aliphatic hydroxyl groups is 1. The van der Waals surface area contributed by atoms with Crippen molar-refractivity contribution in [3.63, 3.8) is 0 Å². The number of amides is 3. The van der Waals surface area contributed by atoms with Crippen LogP contribution in [0, 0.1) is 20.8 Å². The standard InChI is InChI=1S/C28H39N3O5/c1-8-16-31(26(34)22(17-32)29-27(35)36-28(5,6)7)24(21-15-10-9-12-18(21)2)25(33)30-23-19(3)13-11-14-20(23)4/h9-15,22,24,32H,8,16-17H2,1-7H3,(H,29,35)(H,30,33). The number of nitrogens with one attached hydrogen (secondary N) is 2. The van der Waals surface area contributed by atoms with Gasteiger partial charge < -0.3 is 25.4 Å². The van der Waals surface area contributed by atoms with Gasteiger partial charge >= 0.3 is 6.09 Å². The molecule has 0 aliphatic heterocycles. The zero-order valence-electron chi connectivity index (χ0n) is 22.3. The Labute approximate surface area is 214 Å². The summed E-state index contributed by atoms with van der Waals surface area (Å²) in [6.07, 6.45) is -0.256. The number of rotatable bonds is 9. The van der Waals surface area contributed by atoms with Crippen LogP contribution in [0.4, 0.5) is 10.5 Å². The van der Waals surface area contributed by atoms with Crippen molar-refractivity contribution in [2.75, 3.05) is 18.5 Å². The van der Waals surface area contributed by atoms with Gasteiger partial charge in [0, 0.05) is 12.2 Å². The lowest BCUT2D eigenvalue weighted by molar-refractivity contribution is -0.141. The molecule has 2 rings (SSSR count). The number of hydrogen-bond donors (Lipinski definition) is 3. The predicted octanol–water partition coefficient (Wildman–Crippen LogP) is 4.42. The number of anilines is 1. The Balaban J connectivity index is 2.49. The summed E-state index contributed by atoms with van der Waals surface area (Å²) in [5.41, 5.74) is 3.23. The molecule has 0 spiro atoms. The lowest BCUT2D eigenvalue weighted by Crippen LogP contribution is -2.54. The number of carbonyl (C=O) groups is 3. The molecule has 196 valence electrons. The van der Waals surface area contributed by atoms with Crippen LogP contribution in [0.2, 0.25) is 0 Å². The van der Waals surface area contributed by atoms with Crippen molar-refractivity contribution in [2.24, 2.45) is 0 Å². The van der Waals surface area contributed by atoms with Crippen molar-refractivity contribution >= 4 is 23.6 Å². The van der Waals surface area contributed by atoms with Gasteiger partial charge in [-0.15, -0.1) is 0 Å². The van der Waals surface area contributed by atoms with Gasteiger partial charge in [-0.25, -0.2) is 4.79 Å². The Hall–Kier alpha value is -3.39. The first-order valence-electron chi connectivity index (χ1n) is 12.2. The smallest absolute Gasteiger partial charge is 0.408 e. The number of ether oxygens (including phenoxy) is 1. The van der Waals surface area contributed by atoms with Gasteiger partial charge in [0.15, 0.2) is 0 Å². The third-order valence-corrected chi connectivity index (χ3v) is 5.69. The molecule has 0 heterocycles. The summed E-state index contributed by atoms with van der Waals surface area (Å²) in [6.45, 7) is 12.3. The molecule has 2 unspecified atom stereocenters. The fraction of sp³-hybridized carbons (Fsp3) is 0.464. The largest absolute Gasteiger partial charge is 0.444 e. The first-order chi connectivity index (χ1) is 16.9. The van der Waals surface area contributed by atoms with Gasteiger partial charge in [-0.3, -0.25) is 9.59 Å². The molecule has 0 aliphatic rings. The fourth-order valence-electron chi connectivity index (χ4n) is 3.99. The van der Waals surface area contributed by atoms with E-state index in [9.17, 15) is 19.5 Å². The molecule has 8 heteroatoms. The number of carbonyl (C=O) groups excluding carboxylic acids is 3. The van der Waals surface area contributed by atoms with E-state index >= 15 is 0 Å². The summed E-state index contributed by atoms with van der Waals surface area (Å²) in [5, 5.41) is 15.5. The van der Waals surface area contributed by atoms with Gasteiger partial charge in [-0.05, 0) is 70.2 Å². The lowest BCUT2D eigenvalue weighted by atomic mass is 9.97. The second-order valence-electron chi connectivity index (χ2n) is 9.93. The fourth-order valence-corrected chi connectivity index (χ4v) is 3.99. The highest BCUT2D eigenvalue weighted by molar-refractivity contribution is 6.00. The Morgan fingerprint density at radius 3 is 2.08 bits per heavy atom. The number of benzene rings is 2. The van der Waals surface area contributed by atoms with Crippen LogP contribution in [-0.2, 0) is 14.3 Å². The number of nitrogens with zero attached hydrogens (tertiary/aromatic N) is 1. The normalized spacial score (nSPS) is 12.9. The van der Waals surface area contributed by atoms with Crippen LogP contribution in [0.5, 0.6) is 0 Å². The number of para-hydroxylation sites is 1. The Morgan fingerprint density at radius 2 is 1.56 bits per heavy atom. The Kier molecular flexibility index (Phi) is 10.0. The van der Waals surface area contributed by atoms with Crippen LogP contribution < -0.4 is 10.6 Å². The zero-order chi connectivity index (χ0) is 27.0. The van der Waals surface area contributed by atoms with E-state index in [2.05, 4.69) is 10.6 Å². The van der Waals surface area contributed by atoms with E-state index in [-0.39, 0.29) is 12.5 Å². The maximum atomic E-state index is 13.8. The highest BCUT2D eigenvalue weighted by atomic mass is 16.6. The number of aryl methyl sites for hydroxylation is 3. The average molecular weight is 498 g/mol. The molecule has 0 saturated heterocycles. The third kappa shape index (κ3) is 7.55. The maximum Gasteiger partial charge on any atom is 0.408 e.